The minimum atomic E-state index is -3.52. The fraction of sp³-hybridized carbons (Fsp3) is 0.345. The van der Waals surface area contributed by atoms with Crippen molar-refractivity contribution in [3.05, 3.63) is 90.0 Å². The van der Waals surface area contributed by atoms with Crippen LogP contribution in [0.4, 0.5) is 5.69 Å². The first-order valence-corrected chi connectivity index (χ1v) is 16.4. The van der Waals surface area contributed by atoms with Crippen LogP contribution < -0.4 is 5.32 Å². The Labute approximate surface area is 236 Å². The number of piperidine rings is 1. The highest BCUT2D eigenvalue weighted by Crippen LogP contribution is 2.23. The first-order valence-electron chi connectivity index (χ1n) is 13.5. The summed E-state index contributed by atoms with van der Waals surface area (Å²) in [4.78, 5) is 15.5. The van der Waals surface area contributed by atoms with Gasteiger partial charge in [-0.25, -0.2) is 16.8 Å². The molecule has 5 rings (SSSR count). The average Bonchev–Trinajstić information content (AvgIpc) is 2.99. The van der Waals surface area contributed by atoms with Gasteiger partial charge in [0, 0.05) is 57.1 Å². The summed E-state index contributed by atoms with van der Waals surface area (Å²) >= 11 is 0. The minimum Gasteiger partial charge on any atom is -0.322 e. The molecule has 0 saturated carbocycles. The summed E-state index contributed by atoms with van der Waals surface area (Å²) in [6.07, 6.45) is 2.81. The van der Waals surface area contributed by atoms with Gasteiger partial charge in [-0.1, -0.05) is 36.8 Å². The number of carbonyl (C=O) groups excluding carboxylic acids is 1. The lowest BCUT2D eigenvalue weighted by molar-refractivity contribution is 0.102. The summed E-state index contributed by atoms with van der Waals surface area (Å²) in [6, 6.07) is 22.1. The van der Waals surface area contributed by atoms with Gasteiger partial charge in [-0.3, -0.25) is 9.69 Å². The van der Waals surface area contributed by atoms with Crippen LogP contribution in [-0.4, -0.2) is 75.5 Å². The molecule has 3 aromatic rings. The van der Waals surface area contributed by atoms with Gasteiger partial charge in [-0.05, 0) is 66.9 Å². The number of anilines is 1. The summed E-state index contributed by atoms with van der Waals surface area (Å²) in [6.45, 7) is 3.85. The van der Waals surface area contributed by atoms with E-state index in [9.17, 15) is 21.6 Å². The second-order valence-corrected chi connectivity index (χ2v) is 14.0. The molecule has 2 fully saturated rings. The quantitative estimate of drug-likeness (QED) is 0.435. The number of amides is 1. The highest BCUT2D eigenvalue weighted by Gasteiger charge is 2.28. The first-order chi connectivity index (χ1) is 19.2. The lowest BCUT2D eigenvalue weighted by Gasteiger charge is -2.34. The van der Waals surface area contributed by atoms with Gasteiger partial charge in [0.05, 0.1) is 9.79 Å². The van der Waals surface area contributed by atoms with Crippen LogP contribution in [0.2, 0.25) is 0 Å². The number of carbonyl (C=O) groups is 1. The number of sulfonamides is 2. The van der Waals surface area contributed by atoms with E-state index in [-0.39, 0.29) is 10.8 Å². The van der Waals surface area contributed by atoms with Gasteiger partial charge in [0.25, 0.3) is 5.91 Å². The predicted molar refractivity (Wildman–Crippen MR) is 154 cm³/mol. The van der Waals surface area contributed by atoms with E-state index in [1.807, 2.05) is 12.1 Å². The van der Waals surface area contributed by atoms with Crippen LogP contribution in [0, 0.1) is 0 Å². The third-order valence-corrected chi connectivity index (χ3v) is 11.2. The molecule has 0 atom stereocenters. The van der Waals surface area contributed by atoms with Crippen LogP contribution in [0.1, 0.15) is 35.2 Å². The van der Waals surface area contributed by atoms with Gasteiger partial charge in [0.1, 0.15) is 0 Å². The van der Waals surface area contributed by atoms with Crippen molar-refractivity contribution in [3.8, 4) is 0 Å². The molecule has 0 spiro atoms. The highest BCUT2D eigenvalue weighted by atomic mass is 32.2. The number of benzene rings is 3. The van der Waals surface area contributed by atoms with Crippen molar-refractivity contribution in [2.75, 3.05) is 44.6 Å². The standard InChI is InChI=1S/C29H34N4O5S2/c34-29(30-26-13-15-28(16-14-26)40(37,38)32-17-5-2-6-18-32)25-11-9-24(10-12-25)23-31-19-21-33(22-20-31)39(35,36)27-7-3-1-4-8-27/h1,3-4,7-16H,2,5-6,17-23H2,(H,30,34). The molecule has 9 nitrogen and oxygen atoms in total. The number of rotatable bonds is 8. The summed E-state index contributed by atoms with van der Waals surface area (Å²) < 4.78 is 54.4. The molecule has 3 aromatic carbocycles. The van der Waals surface area contributed by atoms with E-state index in [2.05, 4.69) is 10.2 Å². The van der Waals surface area contributed by atoms with Gasteiger partial charge in [0.15, 0.2) is 0 Å². The van der Waals surface area contributed by atoms with Crippen molar-refractivity contribution in [1.82, 2.24) is 13.5 Å². The molecule has 0 bridgehead atoms. The Kier molecular flexibility index (Phi) is 8.67. The Hall–Kier alpha value is -3.09. The summed E-state index contributed by atoms with van der Waals surface area (Å²) in [7, 11) is -7.00. The van der Waals surface area contributed by atoms with Crippen molar-refractivity contribution in [2.24, 2.45) is 0 Å². The smallest absolute Gasteiger partial charge is 0.255 e. The number of hydrogen-bond donors (Lipinski definition) is 1. The second-order valence-electron chi connectivity index (χ2n) is 10.1. The third kappa shape index (κ3) is 6.45. The van der Waals surface area contributed by atoms with E-state index in [4.69, 9.17) is 0 Å². The predicted octanol–water partition coefficient (Wildman–Crippen LogP) is 3.62. The monoisotopic (exact) mass is 582 g/mol. The van der Waals surface area contributed by atoms with E-state index >= 15 is 0 Å². The maximum Gasteiger partial charge on any atom is 0.255 e. The average molecular weight is 583 g/mol. The van der Waals surface area contributed by atoms with Crippen LogP contribution in [0.5, 0.6) is 0 Å². The maximum absolute atomic E-state index is 12.9. The van der Waals surface area contributed by atoms with Crippen LogP contribution in [0.3, 0.4) is 0 Å². The van der Waals surface area contributed by atoms with E-state index in [0.29, 0.717) is 62.0 Å². The van der Waals surface area contributed by atoms with Crippen molar-refractivity contribution in [2.45, 2.75) is 35.6 Å². The number of nitrogens with zero attached hydrogens (tertiary/aromatic N) is 3. The molecule has 2 saturated heterocycles. The van der Waals surface area contributed by atoms with E-state index in [1.165, 1.54) is 20.7 Å². The zero-order chi connectivity index (χ0) is 28.2. The molecular formula is C29H34N4O5S2. The lowest BCUT2D eigenvalue weighted by atomic mass is 10.1. The Morgan fingerprint density at radius 1 is 0.625 bits per heavy atom. The first kappa shape index (κ1) is 28.4. The van der Waals surface area contributed by atoms with Crippen LogP contribution in [0.15, 0.2) is 88.7 Å². The SMILES string of the molecule is O=C(Nc1ccc(S(=O)(=O)N2CCCCC2)cc1)c1ccc(CN2CCN(S(=O)(=O)c3ccccc3)CC2)cc1. The molecule has 11 heteroatoms. The van der Waals surface area contributed by atoms with E-state index < -0.39 is 20.0 Å². The van der Waals surface area contributed by atoms with Gasteiger partial charge in [-0.15, -0.1) is 0 Å². The van der Waals surface area contributed by atoms with Crippen LogP contribution in [0.25, 0.3) is 0 Å². The Bertz CT molecular complexity index is 1510. The molecule has 212 valence electrons. The Morgan fingerprint density at radius 3 is 1.77 bits per heavy atom. The molecule has 0 aromatic heterocycles. The summed E-state index contributed by atoms with van der Waals surface area (Å²) in [5, 5.41) is 2.83. The summed E-state index contributed by atoms with van der Waals surface area (Å²) in [5.74, 6) is -0.280. The molecule has 0 aliphatic carbocycles. The van der Waals surface area contributed by atoms with Gasteiger partial charge < -0.3 is 5.32 Å². The van der Waals surface area contributed by atoms with Crippen molar-refractivity contribution in [3.63, 3.8) is 0 Å². The zero-order valence-corrected chi connectivity index (χ0v) is 23.9. The van der Waals surface area contributed by atoms with Gasteiger partial charge >= 0.3 is 0 Å². The molecule has 0 unspecified atom stereocenters. The minimum absolute atomic E-state index is 0.232. The maximum atomic E-state index is 12.9. The lowest BCUT2D eigenvalue weighted by Crippen LogP contribution is -2.48. The topological polar surface area (TPSA) is 107 Å². The fourth-order valence-electron chi connectivity index (χ4n) is 5.06. The number of hydrogen-bond acceptors (Lipinski definition) is 6. The van der Waals surface area contributed by atoms with E-state index in [1.54, 1.807) is 54.6 Å². The molecular weight excluding hydrogens is 548 g/mol. The molecule has 1 amide bonds. The summed E-state index contributed by atoms with van der Waals surface area (Å²) in [5.41, 5.74) is 2.05. The molecule has 2 aliphatic heterocycles. The van der Waals surface area contributed by atoms with Crippen LogP contribution >= 0.6 is 0 Å². The van der Waals surface area contributed by atoms with Crippen molar-refractivity contribution >= 4 is 31.6 Å². The van der Waals surface area contributed by atoms with Gasteiger partial charge in [0.2, 0.25) is 20.0 Å². The molecule has 2 aliphatic rings. The molecule has 2 heterocycles. The van der Waals surface area contributed by atoms with Crippen molar-refractivity contribution < 1.29 is 21.6 Å². The van der Waals surface area contributed by atoms with Gasteiger partial charge in [-0.2, -0.15) is 8.61 Å². The van der Waals surface area contributed by atoms with E-state index in [0.717, 1.165) is 24.8 Å². The third-order valence-electron chi connectivity index (χ3n) is 7.40. The molecule has 0 radical (unpaired) electrons. The number of piperazine rings is 1. The highest BCUT2D eigenvalue weighted by molar-refractivity contribution is 7.89. The largest absolute Gasteiger partial charge is 0.322 e. The second kappa shape index (κ2) is 12.2. The molecule has 40 heavy (non-hydrogen) atoms. The Morgan fingerprint density at radius 2 is 1.18 bits per heavy atom. The molecule has 1 N–H and O–H groups in total. The number of nitrogens with one attached hydrogen (secondary N) is 1. The van der Waals surface area contributed by atoms with Crippen molar-refractivity contribution in [1.29, 1.82) is 0 Å². The normalized spacial score (nSPS) is 17.9. The Balaban J connectivity index is 1.13. The zero-order valence-electron chi connectivity index (χ0n) is 22.3. The fourth-order valence-corrected chi connectivity index (χ4v) is 8.02. The van der Waals surface area contributed by atoms with Crippen LogP contribution in [-0.2, 0) is 26.6 Å².